The number of hydrogen-bond donors (Lipinski definition) is 2. The second kappa shape index (κ2) is 13.8. The molecule has 40 heavy (non-hydrogen) atoms. The number of methoxy groups -OCH3 is 3. The maximum Gasteiger partial charge on any atom is 0.262 e. The van der Waals surface area contributed by atoms with Crippen LogP contribution in [0.15, 0.2) is 71.8 Å². The molecule has 3 rings (SSSR count). The normalized spacial score (nSPS) is 11.0. The molecule has 12 nitrogen and oxygen atoms in total. The van der Waals surface area contributed by atoms with E-state index in [0.717, 1.165) is 10.6 Å². The van der Waals surface area contributed by atoms with Crippen LogP contribution < -0.4 is 34.0 Å². The Morgan fingerprint density at radius 3 is 2.20 bits per heavy atom. The Hall–Kier alpha value is -4.78. The first-order chi connectivity index (χ1) is 19.1. The van der Waals surface area contributed by atoms with Crippen LogP contribution in [-0.2, 0) is 19.6 Å². The molecule has 3 aromatic rings. The van der Waals surface area contributed by atoms with E-state index in [0.29, 0.717) is 28.5 Å². The number of para-hydroxylation sites is 2. The van der Waals surface area contributed by atoms with E-state index >= 15 is 0 Å². The number of carbonyl (C=O) groups is 2. The van der Waals surface area contributed by atoms with Gasteiger partial charge in [0.1, 0.15) is 29.5 Å². The molecular formula is C27H30N4O8S. The van der Waals surface area contributed by atoms with E-state index in [1.165, 1.54) is 39.7 Å². The Balaban J connectivity index is 1.54. The van der Waals surface area contributed by atoms with Crippen molar-refractivity contribution in [2.45, 2.75) is 0 Å². The zero-order chi connectivity index (χ0) is 29.1. The summed E-state index contributed by atoms with van der Waals surface area (Å²) >= 11 is 0. The van der Waals surface area contributed by atoms with Crippen LogP contribution in [0, 0.1) is 0 Å². The summed E-state index contributed by atoms with van der Waals surface area (Å²) < 4.78 is 46.9. The first-order valence-electron chi connectivity index (χ1n) is 11.8. The van der Waals surface area contributed by atoms with Gasteiger partial charge in [0.2, 0.25) is 10.0 Å². The molecule has 0 unspecified atom stereocenters. The monoisotopic (exact) mass is 570 g/mol. The number of nitrogens with one attached hydrogen (secondary N) is 2. The van der Waals surface area contributed by atoms with Crippen molar-refractivity contribution in [3.05, 3.63) is 72.3 Å². The molecule has 0 aromatic heterocycles. The summed E-state index contributed by atoms with van der Waals surface area (Å²) in [6.07, 6.45) is 2.37. The van der Waals surface area contributed by atoms with E-state index in [-0.39, 0.29) is 24.0 Å². The number of hydrogen-bond acceptors (Lipinski definition) is 9. The molecule has 3 aromatic carbocycles. The predicted octanol–water partition coefficient (Wildman–Crippen LogP) is 2.65. The highest BCUT2D eigenvalue weighted by Crippen LogP contribution is 2.33. The molecule has 0 aliphatic heterocycles. The Morgan fingerprint density at radius 2 is 1.55 bits per heavy atom. The number of anilines is 2. The van der Waals surface area contributed by atoms with E-state index in [4.69, 9.17) is 18.9 Å². The summed E-state index contributed by atoms with van der Waals surface area (Å²) in [7, 11) is 0.543. The standard InChI is InChI=1S/C27H30N4O8S/c1-36-21-13-14-23(25(15-21)38-3)31(40(4,34)35)17-26(32)30-28-16-19-9-11-20(12-10-19)39-18-27(33)29-22-7-5-6-8-24(22)37-2/h5-16H,17-18H2,1-4H3,(H,29,33)(H,30,32)/b28-16-. The van der Waals surface area contributed by atoms with E-state index in [1.807, 2.05) is 0 Å². The summed E-state index contributed by atoms with van der Waals surface area (Å²) in [5, 5.41) is 6.62. The lowest BCUT2D eigenvalue weighted by atomic mass is 10.2. The summed E-state index contributed by atoms with van der Waals surface area (Å²) in [4.78, 5) is 24.7. The Morgan fingerprint density at radius 1 is 0.875 bits per heavy atom. The number of amides is 2. The van der Waals surface area contributed by atoms with Crippen LogP contribution >= 0.6 is 0 Å². The van der Waals surface area contributed by atoms with Gasteiger partial charge in [-0.3, -0.25) is 13.9 Å². The third-order valence-electron chi connectivity index (χ3n) is 5.38. The molecule has 2 N–H and O–H groups in total. The van der Waals surface area contributed by atoms with Crippen molar-refractivity contribution in [2.24, 2.45) is 5.10 Å². The van der Waals surface area contributed by atoms with Gasteiger partial charge < -0.3 is 24.3 Å². The van der Waals surface area contributed by atoms with Crippen molar-refractivity contribution in [1.82, 2.24) is 5.43 Å². The zero-order valence-electron chi connectivity index (χ0n) is 22.4. The summed E-state index contributed by atoms with van der Waals surface area (Å²) in [6.45, 7) is -0.736. The molecule has 0 heterocycles. The molecule has 0 saturated carbocycles. The lowest BCUT2D eigenvalue weighted by Gasteiger charge is -2.23. The molecule has 13 heteroatoms. The SMILES string of the molecule is COc1ccc(N(CC(=O)N/N=C\c2ccc(OCC(=O)Nc3ccccc3OC)cc2)S(C)(=O)=O)c(OC)c1. The number of ether oxygens (including phenoxy) is 4. The minimum atomic E-state index is -3.83. The fourth-order valence-electron chi connectivity index (χ4n) is 3.45. The fourth-order valence-corrected chi connectivity index (χ4v) is 4.31. The number of hydrazone groups is 1. The van der Waals surface area contributed by atoms with Crippen molar-refractivity contribution >= 4 is 39.4 Å². The molecule has 0 spiro atoms. The van der Waals surface area contributed by atoms with Gasteiger partial charge in [0.25, 0.3) is 11.8 Å². The van der Waals surface area contributed by atoms with Crippen molar-refractivity contribution in [3.8, 4) is 23.0 Å². The van der Waals surface area contributed by atoms with Gasteiger partial charge in [0.15, 0.2) is 6.61 Å². The molecular weight excluding hydrogens is 540 g/mol. The van der Waals surface area contributed by atoms with Gasteiger partial charge in [0.05, 0.1) is 45.2 Å². The van der Waals surface area contributed by atoms with Gasteiger partial charge in [-0.05, 0) is 54.1 Å². The van der Waals surface area contributed by atoms with Crippen molar-refractivity contribution in [3.63, 3.8) is 0 Å². The fraction of sp³-hybridized carbons (Fsp3) is 0.222. The van der Waals surface area contributed by atoms with Crippen LogP contribution in [0.1, 0.15) is 5.56 Å². The van der Waals surface area contributed by atoms with Crippen LogP contribution in [0.2, 0.25) is 0 Å². The number of rotatable bonds is 13. The van der Waals surface area contributed by atoms with Gasteiger partial charge in [-0.2, -0.15) is 5.10 Å². The van der Waals surface area contributed by atoms with E-state index in [1.54, 1.807) is 54.6 Å². The zero-order valence-corrected chi connectivity index (χ0v) is 23.2. The van der Waals surface area contributed by atoms with E-state index in [2.05, 4.69) is 15.8 Å². The number of carbonyl (C=O) groups excluding carboxylic acids is 2. The highest BCUT2D eigenvalue weighted by molar-refractivity contribution is 7.92. The van der Waals surface area contributed by atoms with Gasteiger partial charge in [-0.1, -0.05) is 12.1 Å². The largest absolute Gasteiger partial charge is 0.497 e. The second-order valence-corrected chi connectivity index (χ2v) is 10.1. The highest BCUT2D eigenvalue weighted by Gasteiger charge is 2.24. The number of nitrogens with zero attached hydrogens (tertiary/aromatic N) is 2. The predicted molar refractivity (Wildman–Crippen MR) is 151 cm³/mol. The topological polar surface area (TPSA) is 145 Å². The van der Waals surface area contributed by atoms with Crippen LogP contribution in [-0.4, -0.2) is 67.2 Å². The Labute approximate surface area is 232 Å². The average Bonchev–Trinajstić information content (AvgIpc) is 2.95. The van der Waals surface area contributed by atoms with Gasteiger partial charge in [-0.15, -0.1) is 0 Å². The third kappa shape index (κ3) is 8.36. The third-order valence-corrected chi connectivity index (χ3v) is 6.50. The molecule has 0 fully saturated rings. The molecule has 0 aliphatic carbocycles. The summed E-state index contributed by atoms with van der Waals surface area (Å²) in [5.74, 6) is 0.662. The number of benzene rings is 3. The molecule has 212 valence electrons. The maximum absolute atomic E-state index is 12.5. The van der Waals surface area contributed by atoms with Crippen molar-refractivity contribution < 1.29 is 37.0 Å². The molecule has 0 radical (unpaired) electrons. The lowest BCUT2D eigenvalue weighted by Crippen LogP contribution is -2.39. The molecule has 2 amide bonds. The van der Waals surface area contributed by atoms with Gasteiger partial charge in [-0.25, -0.2) is 13.8 Å². The Kier molecular flexibility index (Phi) is 10.3. The van der Waals surface area contributed by atoms with Crippen LogP contribution in [0.25, 0.3) is 0 Å². The first kappa shape index (κ1) is 29.8. The summed E-state index contributed by atoms with van der Waals surface area (Å²) in [5.41, 5.74) is 3.66. The lowest BCUT2D eigenvalue weighted by molar-refractivity contribution is -0.119. The minimum Gasteiger partial charge on any atom is -0.497 e. The second-order valence-electron chi connectivity index (χ2n) is 8.21. The van der Waals surface area contributed by atoms with Crippen molar-refractivity contribution in [2.75, 3.05) is 50.4 Å². The number of sulfonamides is 1. The quantitative estimate of drug-likeness (QED) is 0.236. The van der Waals surface area contributed by atoms with Crippen LogP contribution in [0.3, 0.4) is 0 Å². The molecule has 0 aliphatic rings. The molecule has 0 saturated heterocycles. The van der Waals surface area contributed by atoms with Crippen molar-refractivity contribution in [1.29, 1.82) is 0 Å². The van der Waals surface area contributed by atoms with E-state index < -0.39 is 22.5 Å². The average molecular weight is 571 g/mol. The van der Waals surface area contributed by atoms with Gasteiger partial charge >= 0.3 is 0 Å². The molecule has 0 atom stereocenters. The Bertz CT molecular complexity index is 1460. The minimum absolute atomic E-state index is 0.178. The van der Waals surface area contributed by atoms with Crippen LogP contribution in [0.5, 0.6) is 23.0 Å². The molecule has 0 bridgehead atoms. The highest BCUT2D eigenvalue weighted by atomic mass is 32.2. The van der Waals surface area contributed by atoms with Gasteiger partial charge in [0, 0.05) is 6.07 Å². The maximum atomic E-state index is 12.5. The first-order valence-corrected chi connectivity index (χ1v) is 13.7. The van der Waals surface area contributed by atoms with E-state index in [9.17, 15) is 18.0 Å². The van der Waals surface area contributed by atoms with Crippen LogP contribution in [0.4, 0.5) is 11.4 Å². The summed E-state index contributed by atoms with van der Waals surface area (Å²) in [6, 6.07) is 18.2. The smallest absolute Gasteiger partial charge is 0.262 e.